The predicted octanol–water partition coefficient (Wildman–Crippen LogP) is 2.09. The van der Waals surface area contributed by atoms with Crippen LogP contribution in [0.2, 0.25) is 5.02 Å². The molecule has 7 heteroatoms. The number of aromatic amines is 1. The van der Waals surface area contributed by atoms with Crippen LogP contribution in [0.3, 0.4) is 0 Å². The Balaban J connectivity index is 2.27. The number of benzene rings is 1. The molecule has 1 aliphatic rings. The van der Waals surface area contributed by atoms with E-state index in [0.717, 1.165) is 0 Å². The predicted molar refractivity (Wildman–Crippen MR) is 71.0 cm³/mol. The first kappa shape index (κ1) is 12.0. The molecule has 0 atom stereocenters. The van der Waals surface area contributed by atoms with E-state index in [9.17, 15) is 0 Å². The number of nitrogens with two attached hydrogens (primary N) is 1. The van der Waals surface area contributed by atoms with Crippen molar-refractivity contribution in [2.24, 2.45) is 0 Å². The van der Waals surface area contributed by atoms with Gasteiger partial charge in [0.25, 0.3) is 0 Å². The van der Waals surface area contributed by atoms with Crippen LogP contribution < -0.4 is 19.9 Å². The fourth-order valence-electron chi connectivity index (χ4n) is 2.05. The van der Waals surface area contributed by atoms with Crippen LogP contribution in [0.25, 0.3) is 11.3 Å². The van der Waals surface area contributed by atoms with Gasteiger partial charge in [-0.05, 0) is 0 Å². The molecule has 1 aliphatic heterocycles. The molecule has 3 rings (SSSR count). The highest BCUT2D eigenvalue weighted by molar-refractivity contribution is 6.33. The quantitative estimate of drug-likeness (QED) is 0.881. The lowest BCUT2D eigenvalue weighted by molar-refractivity contribution is 0.171. The number of hydrogen-bond acceptors (Lipinski definition) is 5. The van der Waals surface area contributed by atoms with Crippen molar-refractivity contribution in [3.8, 4) is 28.5 Å². The summed E-state index contributed by atoms with van der Waals surface area (Å²) in [5.74, 6) is 2.04. The topological polar surface area (TPSA) is 82.4 Å². The van der Waals surface area contributed by atoms with Crippen LogP contribution in [-0.2, 0) is 0 Å². The maximum Gasteiger partial charge on any atom is 0.174 e. The van der Waals surface area contributed by atoms with Gasteiger partial charge in [-0.15, -0.1) is 0 Å². The zero-order chi connectivity index (χ0) is 13.4. The van der Waals surface area contributed by atoms with Gasteiger partial charge in [-0.1, -0.05) is 11.6 Å². The fraction of sp³-hybridized carbons (Fsp3) is 0.250. The van der Waals surface area contributed by atoms with Gasteiger partial charge in [0.1, 0.15) is 19.0 Å². The molecule has 19 heavy (non-hydrogen) atoms. The van der Waals surface area contributed by atoms with Crippen LogP contribution in [0.1, 0.15) is 0 Å². The second-order valence-electron chi connectivity index (χ2n) is 4.00. The minimum atomic E-state index is 0.377. The second kappa shape index (κ2) is 4.55. The van der Waals surface area contributed by atoms with Crippen LogP contribution >= 0.6 is 11.6 Å². The molecule has 0 bridgehead atoms. The third-order valence-electron chi connectivity index (χ3n) is 2.81. The van der Waals surface area contributed by atoms with E-state index >= 15 is 0 Å². The van der Waals surface area contributed by atoms with Gasteiger partial charge in [-0.25, -0.2) is 0 Å². The molecule has 0 radical (unpaired) electrons. The van der Waals surface area contributed by atoms with E-state index in [-0.39, 0.29) is 0 Å². The van der Waals surface area contributed by atoms with E-state index in [2.05, 4.69) is 10.2 Å². The van der Waals surface area contributed by atoms with E-state index < -0.39 is 0 Å². The Morgan fingerprint density at radius 2 is 2.16 bits per heavy atom. The van der Waals surface area contributed by atoms with Crippen molar-refractivity contribution in [1.29, 1.82) is 0 Å². The molecule has 0 fully saturated rings. The normalized spacial score (nSPS) is 13.4. The van der Waals surface area contributed by atoms with Crippen LogP contribution in [-0.4, -0.2) is 30.5 Å². The number of nitrogens with zero attached hydrogens (tertiary/aromatic N) is 1. The Labute approximate surface area is 114 Å². The summed E-state index contributed by atoms with van der Waals surface area (Å²) in [4.78, 5) is 0. The molecule has 1 aromatic heterocycles. The van der Waals surface area contributed by atoms with Gasteiger partial charge in [0.2, 0.25) is 0 Å². The molecule has 1 aromatic carbocycles. The monoisotopic (exact) mass is 281 g/mol. The zero-order valence-corrected chi connectivity index (χ0v) is 11.0. The van der Waals surface area contributed by atoms with Crippen molar-refractivity contribution in [2.45, 2.75) is 0 Å². The summed E-state index contributed by atoms with van der Waals surface area (Å²) in [5.41, 5.74) is 6.96. The van der Waals surface area contributed by atoms with E-state index in [4.69, 9.17) is 31.5 Å². The number of nitrogen functional groups attached to an aromatic ring is 1. The lowest BCUT2D eigenvalue weighted by Crippen LogP contribution is -2.16. The van der Waals surface area contributed by atoms with Gasteiger partial charge < -0.3 is 19.9 Å². The first-order chi connectivity index (χ1) is 9.20. The van der Waals surface area contributed by atoms with Crippen molar-refractivity contribution in [1.82, 2.24) is 10.2 Å². The van der Waals surface area contributed by atoms with Gasteiger partial charge in [-0.2, -0.15) is 5.10 Å². The third kappa shape index (κ3) is 1.94. The van der Waals surface area contributed by atoms with Gasteiger partial charge >= 0.3 is 0 Å². The Hall–Kier alpha value is -2.08. The largest absolute Gasteiger partial charge is 0.494 e. The molecule has 3 N–H and O–H groups in total. The number of nitrogens with one attached hydrogen (secondary N) is 1. The molecule has 6 nitrogen and oxygen atoms in total. The number of hydrogen-bond donors (Lipinski definition) is 2. The molecule has 0 amide bonds. The molecule has 0 spiro atoms. The summed E-state index contributed by atoms with van der Waals surface area (Å²) >= 11 is 6.20. The maximum absolute atomic E-state index is 6.20. The third-order valence-corrected chi connectivity index (χ3v) is 3.09. The molecular weight excluding hydrogens is 270 g/mol. The van der Waals surface area contributed by atoms with Crippen molar-refractivity contribution < 1.29 is 14.2 Å². The summed E-state index contributed by atoms with van der Waals surface area (Å²) < 4.78 is 16.6. The Morgan fingerprint density at radius 3 is 2.84 bits per heavy atom. The summed E-state index contributed by atoms with van der Waals surface area (Å²) in [5, 5.41) is 7.17. The SMILES string of the molecule is COc1c(Cl)cc2c(c1-c1cc(N)n[nH]1)OCCO2. The average molecular weight is 282 g/mol. The van der Waals surface area contributed by atoms with Crippen molar-refractivity contribution >= 4 is 17.4 Å². The van der Waals surface area contributed by atoms with E-state index in [1.165, 1.54) is 0 Å². The van der Waals surface area contributed by atoms with Crippen LogP contribution in [0.4, 0.5) is 5.82 Å². The highest BCUT2D eigenvalue weighted by Crippen LogP contribution is 2.49. The number of halogens is 1. The van der Waals surface area contributed by atoms with Gasteiger partial charge in [0.05, 0.1) is 23.4 Å². The molecule has 0 unspecified atom stereocenters. The van der Waals surface area contributed by atoms with Gasteiger partial charge in [-0.3, -0.25) is 5.10 Å². The summed E-state index contributed by atoms with van der Waals surface area (Å²) in [7, 11) is 1.54. The second-order valence-corrected chi connectivity index (χ2v) is 4.40. The van der Waals surface area contributed by atoms with Gasteiger partial charge in [0, 0.05) is 12.1 Å². The lowest BCUT2D eigenvalue weighted by atomic mass is 10.1. The maximum atomic E-state index is 6.20. The van der Waals surface area contributed by atoms with Crippen molar-refractivity contribution in [3.63, 3.8) is 0 Å². The Morgan fingerprint density at radius 1 is 1.37 bits per heavy atom. The minimum absolute atomic E-state index is 0.377. The Bertz CT molecular complexity index is 627. The smallest absolute Gasteiger partial charge is 0.174 e. The molecule has 0 saturated carbocycles. The number of anilines is 1. The molecular formula is C12H12ClN3O3. The summed E-state index contributed by atoms with van der Waals surface area (Å²) in [6.07, 6.45) is 0. The average Bonchev–Trinajstić information content (AvgIpc) is 2.83. The van der Waals surface area contributed by atoms with Crippen LogP contribution in [0.5, 0.6) is 17.2 Å². The number of aromatic nitrogens is 2. The fourth-order valence-corrected chi connectivity index (χ4v) is 2.32. The molecule has 100 valence electrons. The number of methoxy groups -OCH3 is 1. The van der Waals surface area contributed by atoms with Crippen molar-refractivity contribution in [2.75, 3.05) is 26.1 Å². The minimum Gasteiger partial charge on any atom is -0.494 e. The first-order valence-electron chi connectivity index (χ1n) is 5.68. The molecule has 2 heterocycles. The number of fused-ring (bicyclic) bond motifs is 1. The molecule has 2 aromatic rings. The lowest BCUT2D eigenvalue weighted by Gasteiger charge is -2.22. The standard InChI is InChI=1S/C12H12ClN3O3/c1-17-11-6(13)4-8-12(19-3-2-18-8)10(11)7-5-9(14)16-15-7/h4-5H,2-3H2,1H3,(H3,14,15,16). The van der Waals surface area contributed by atoms with E-state index in [1.54, 1.807) is 19.2 Å². The van der Waals surface area contributed by atoms with E-state index in [1.807, 2.05) is 0 Å². The summed E-state index contributed by atoms with van der Waals surface area (Å²) in [6, 6.07) is 3.37. The first-order valence-corrected chi connectivity index (χ1v) is 6.06. The highest BCUT2D eigenvalue weighted by Gasteiger charge is 2.25. The van der Waals surface area contributed by atoms with Crippen LogP contribution in [0.15, 0.2) is 12.1 Å². The summed E-state index contributed by atoms with van der Waals surface area (Å²) in [6.45, 7) is 0.953. The number of H-pyrrole nitrogens is 1. The molecule has 0 saturated heterocycles. The Kier molecular flexibility index (Phi) is 2.87. The van der Waals surface area contributed by atoms with Crippen molar-refractivity contribution in [3.05, 3.63) is 17.2 Å². The number of rotatable bonds is 2. The number of ether oxygens (including phenoxy) is 3. The van der Waals surface area contributed by atoms with Gasteiger partial charge in [0.15, 0.2) is 17.2 Å². The van der Waals surface area contributed by atoms with E-state index in [0.29, 0.717) is 52.6 Å². The highest BCUT2D eigenvalue weighted by atomic mass is 35.5. The van der Waals surface area contributed by atoms with Crippen LogP contribution in [0, 0.1) is 0 Å². The molecule has 0 aliphatic carbocycles. The zero-order valence-electron chi connectivity index (χ0n) is 10.2.